The molecule has 0 aromatic heterocycles. The molecule has 0 aromatic carbocycles. The van der Waals surface area contributed by atoms with Crippen molar-refractivity contribution in [3.8, 4) is 0 Å². The molecule has 2 nitrogen and oxygen atoms in total. The van der Waals surface area contributed by atoms with E-state index in [2.05, 4.69) is 13.8 Å². The molecule has 1 saturated heterocycles. The van der Waals surface area contributed by atoms with E-state index in [4.69, 9.17) is 9.47 Å². The van der Waals surface area contributed by atoms with Gasteiger partial charge in [0.05, 0.1) is 13.2 Å². The van der Waals surface area contributed by atoms with Crippen LogP contribution < -0.4 is 0 Å². The van der Waals surface area contributed by atoms with Gasteiger partial charge in [-0.05, 0) is 43.4 Å². The molecule has 3 atom stereocenters. The Hall–Kier alpha value is -0.0800. The van der Waals surface area contributed by atoms with Gasteiger partial charge in [-0.15, -0.1) is 0 Å². The van der Waals surface area contributed by atoms with E-state index in [0.717, 1.165) is 37.4 Å². The van der Waals surface area contributed by atoms with Gasteiger partial charge in [0.15, 0.2) is 6.29 Å². The maximum atomic E-state index is 5.47. The Labute approximate surface area is 125 Å². The Balaban J connectivity index is 1.49. The Morgan fingerprint density at radius 1 is 0.750 bits per heavy atom. The van der Waals surface area contributed by atoms with E-state index in [1.165, 1.54) is 57.8 Å². The first-order valence-electron chi connectivity index (χ1n) is 9.06. The summed E-state index contributed by atoms with van der Waals surface area (Å²) in [7, 11) is 0. The van der Waals surface area contributed by atoms with Gasteiger partial charge < -0.3 is 9.47 Å². The van der Waals surface area contributed by atoms with Gasteiger partial charge in [0.1, 0.15) is 0 Å². The van der Waals surface area contributed by atoms with E-state index < -0.39 is 0 Å². The fourth-order valence-electron chi connectivity index (χ4n) is 4.17. The smallest absolute Gasteiger partial charge is 0.157 e. The summed E-state index contributed by atoms with van der Waals surface area (Å²) in [6, 6.07) is 0. The van der Waals surface area contributed by atoms with Crippen molar-refractivity contribution in [2.45, 2.75) is 84.3 Å². The lowest BCUT2D eigenvalue weighted by molar-refractivity contribution is -0.0480. The SMILES string of the molecule is CCC1CC(CC)C(CCCCCCC2OCCO2)C1. The second-order valence-electron chi connectivity index (χ2n) is 6.84. The summed E-state index contributed by atoms with van der Waals surface area (Å²) in [5.41, 5.74) is 0. The Morgan fingerprint density at radius 2 is 1.40 bits per heavy atom. The van der Waals surface area contributed by atoms with Crippen LogP contribution in [0.3, 0.4) is 0 Å². The van der Waals surface area contributed by atoms with Gasteiger partial charge in [0.2, 0.25) is 0 Å². The van der Waals surface area contributed by atoms with E-state index in [0.29, 0.717) is 0 Å². The minimum absolute atomic E-state index is 0.111. The van der Waals surface area contributed by atoms with Crippen LogP contribution in [0.25, 0.3) is 0 Å². The third kappa shape index (κ3) is 5.04. The van der Waals surface area contributed by atoms with Crippen molar-refractivity contribution >= 4 is 0 Å². The van der Waals surface area contributed by atoms with Crippen molar-refractivity contribution in [2.24, 2.45) is 17.8 Å². The van der Waals surface area contributed by atoms with Crippen molar-refractivity contribution in [1.82, 2.24) is 0 Å². The van der Waals surface area contributed by atoms with Crippen molar-refractivity contribution < 1.29 is 9.47 Å². The number of ether oxygens (including phenoxy) is 2. The molecule has 1 heterocycles. The molecule has 2 heteroatoms. The van der Waals surface area contributed by atoms with E-state index >= 15 is 0 Å². The van der Waals surface area contributed by atoms with E-state index in [1.54, 1.807) is 0 Å². The largest absolute Gasteiger partial charge is 0.350 e. The molecular formula is C18H34O2. The maximum Gasteiger partial charge on any atom is 0.157 e. The average molecular weight is 282 g/mol. The van der Waals surface area contributed by atoms with Crippen LogP contribution in [0, 0.1) is 17.8 Å². The molecule has 1 saturated carbocycles. The molecule has 2 fully saturated rings. The average Bonchev–Trinajstić information content (AvgIpc) is 3.11. The van der Waals surface area contributed by atoms with Crippen LogP contribution in [-0.4, -0.2) is 19.5 Å². The first kappa shape index (κ1) is 16.3. The Kier molecular flexibility index (Phi) is 7.37. The first-order chi connectivity index (χ1) is 9.83. The minimum Gasteiger partial charge on any atom is -0.350 e. The second-order valence-corrected chi connectivity index (χ2v) is 6.84. The number of hydrogen-bond acceptors (Lipinski definition) is 2. The summed E-state index contributed by atoms with van der Waals surface area (Å²) < 4.78 is 10.9. The highest BCUT2D eigenvalue weighted by Gasteiger charge is 2.31. The van der Waals surface area contributed by atoms with Crippen LogP contribution in [0.15, 0.2) is 0 Å². The molecular weight excluding hydrogens is 248 g/mol. The Morgan fingerprint density at radius 3 is 2.05 bits per heavy atom. The zero-order chi connectivity index (χ0) is 14.2. The zero-order valence-corrected chi connectivity index (χ0v) is 13.6. The van der Waals surface area contributed by atoms with Crippen molar-refractivity contribution in [3.63, 3.8) is 0 Å². The quantitative estimate of drug-likeness (QED) is 0.544. The summed E-state index contributed by atoms with van der Waals surface area (Å²) in [6.45, 7) is 6.34. The van der Waals surface area contributed by atoms with E-state index in [9.17, 15) is 0 Å². The van der Waals surface area contributed by atoms with Crippen molar-refractivity contribution in [2.75, 3.05) is 13.2 Å². The molecule has 118 valence electrons. The van der Waals surface area contributed by atoms with Gasteiger partial charge in [-0.25, -0.2) is 0 Å². The molecule has 0 aromatic rings. The Bertz CT molecular complexity index is 248. The third-order valence-electron chi connectivity index (χ3n) is 5.50. The predicted octanol–water partition coefficient (Wildman–Crippen LogP) is 5.16. The summed E-state index contributed by atoms with van der Waals surface area (Å²) in [5, 5.41) is 0. The monoisotopic (exact) mass is 282 g/mol. The lowest BCUT2D eigenvalue weighted by atomic mass is 9.89. The fourth-order valence-corrected chi connectivity index (χ4v) is 4.17. The molecule has 3 unspecified atom stereocenters. The van der Waals surface area contributed by atoms with Gasteiger partial charge >= 0.3 is 0 Å². The molecule has 1 aliphatic heterocycles. The maximum absolute atomic E-state index is 5.47. The molecule has 20 heavy (non-hydrogen) atoms. The molecule has 0 bridgehead atoms. The van der Waals surface area contributed by atoms with Crippen LogP contribution >= 0.6 is 0 Å². The van der Waals surface area contributed by atoms with Crippen LogP contribution in [0.5, 0.6) is 0 Å². The molecule has 0 radical (unpaired) electrons. The predicted molar refractivity (Wildman–Crippen MR) is 83.7 cm³/mol. The van der Waals surface area contributed by atoms with Crippen LogP contribution in [-0.2, 0) is 9.47 Å². The highest BCUT2D eigenvalue weighted by molar-refractivity contribution is 4.82. The minimum atomic E-state index is 0.111. The van der Waals surface area contributed by atoms with Gasteiger partial charge in [-0.3, -0.25) is 0 Å². The van der Waals surface area contributed by atoms with Gasteiger partial charge in [-0.2, -0.15) is 0 Å². The number of unbranched alkanes of at least 4 members (excludes halogenated alkanes) is 3. The molecule has 0 amide bonds. The first-order valence-corrected chi connectivity index (χ1v) is 9.06. The second kappa shape index (κ2) is 9.04. The normalized spacial score (nSPS) is 31.2. The van der Waals surface area contributed by atoms with Gasteiger partial charge in [0.25, 0.3) is 0 Å². The van der Waals surface area contributed by atoms with E-state index in [1.807, 2.05) is 0 Å². The lowest BCUT2D eigenvalue weighted by Gasteiger charge is -2.17. The molecule has 2 aliphatic rings. The van der Waals surface area contributed by atoms with Crippen molar-refractivity contribution in [3.05, 3.63) is 0 Å². The van der Waals surface area contributed by atoms with Crippen LogP contribution in [0.2, 0.25) is 0 Å². The molecule has 0 N–H and O–H groups in total. The fraction of sp³-hybridized carbons (Fsp3) is 1.00. The third-order valence-corrected chi connectivity index (χ3v) is 5.50. The highest BCUT2D eigenvalue weighted by Crippen LogP contribution is 2.42. The molecule has 0 spiro atoms. The van der Waals surface area contributed by atoms with Crippen LogP contribution in [0.1, 0.15) is 78.1 Å². The summed E-state index contributed by atoms with van der Waals surface area (Å²) >= 11 is 0. The van der Waals surface area contributed by atoms with Crippen molar-refractivity contribution in [1.29, 1.82) is 0 Å². The zero-order valence-electron chi connectivity index (χ0n) is 13.6. The summed E-state index contributed by atoms with van der Waals surface area (Å²) in [5.74, 6) is 3.09. The van der Waals surface area contributed by atoms with E-state index in [-0.39, 0.29) is 6.29 Å². The topological polar surface area (TPSA) is 18.5 Å². The highest BCUT2D eigenvalue weighted by atomic mass is 16.7. The number of hydrogen-bond donors (Lipinski definition) is 0. The number of rotatable bonds is 9. The van der Waals surface area contributed by atoms with Gasteiger partial charge in [0, 0.05) is 0 Å². The van der Waals surface area contributed by atoms with Gasteiger partial charge in [-0.1, -0.05) is 52.4 Å². The summed E-state index contributed by atoms with van der Waals surface area (Å²) in [6.07, 6.45) is 14.0. The molecule has 1 aliphatic carbocycles. The standard InChI is InChI=1S/C18H34O2/c1-3-15-13-16(4-2)17(14-15)9-7-5-6-8-10-18-19-11-12-20-18/h15-18H,3-14H2,1-2H3. The lowest BCUT2D eigenvalue weighted by Crippen LogP contribution is -2.07. The molecule has 2 rings (SSSR count). The summed E-state index contributed by atoms with van der Waals surface area (Å²) in [4.78, 5) is 0. The van der Waals surface area contributed by atoms with Crippen LogP contribution in [0.4, 0.5) is 0 Å².